The molecule has 5 heteroatoms. The Morgan fingerprint density at radius 3 is 2.68 bits per heavy atom. The Labute approximate surface area is 113 Å². The zero-order chi connectivity index (χ0) is 13.9. The van der Waals surface area contributed by atoms with E-state index in [0.717, 1.165) is 31.5 Å². The van der Waals surface area contributed by atoms with Crippen molar-refractivity contribution in [3.63, 3.8) is 0 Å². The van der Waals surface area contributed by atoms with E-state index in [9.17, 15) is 4.79 Å². The monoisotopic (exact) mass is 261 g/mol. The van der Waals surface area contributed by atoms with E-state index in [1.165, 1.54) is 12.5 Å². The van der Waals surface area contributed by atoms with E-state index >= 15 is 0 Å². The lowest BCUT2D eigenvalue weighted by Gasteiger charge is -2.37. The van der Waals surface area contributed by atoms with Gasteiger partial charge in [0.05, 0.1) is 0 Å². The van der Waals surface area contributed by atoms with Crippen molar-refractivity contribution in [3.05, 3.63) is 24.0 Å². The molecule has 1 N–H and O–H groups in total. The summed E-state index contributed by atoms with van der Waals surface area (Å²) in [5, 5.41) is 8.56. The van der Waals surface area contributed by atoms with Gasteiger partial charge in [-0.25, -0.2) is 14.8 Å². The number of aromatic nitrogens is 2. The second kappa shape index (κ2) is 5.38. The van der Waals surface area contributed by atoms with Gasteiger partial charge in [0.15, 0.2) is 0 Å². The van der Waals surface area contributed by atoms with Gasteiger partial charge < -0.3 is 10.0 Å². The molecular formula is C14H19N3O2. The number of aliphatic carboxylic acids is 1. The van der Waals surface area contributed by atoms with Gasteiger partial charge in [-0.05, 0) is 24.3 Å². The van der Waals surface area contributed by atoms with Crippen molar-refractivity contribution in [2.45, 2.75) is 26.7 Å². The molecule has 0 radical (unpaired) electrons. The smallest absolute Gasteiger partial charge is 0.328 e. The molecule has 1 aromatic heterocycles. The average molecular weight is 261 g/mol. The van der Waals surface area contributed by atoms with Gasteiger partial charge in [0.25, 0.3) is 0 Å². The summed E-state index contributed by atoms with van der Waals surface area (Å²) < 4.78 is 0. The zero-order valence-corrected chi connectivity index (χ0v) is 11.3. The molecular weight excluding hydrogens is 242 g/mol. The Bertz CT molecular complexity index is 480. The summed E-state index contributed by atoms with van der Waals surface area (Å²) in [6.07, 6.45) is 8.27. The molecule has 0 aliphatic carbocycles. The van der Waals surface area contributed by atoms with Gasteiger partial charge in [-0.1, -0.05) is 13.8 Å². The lowest BCUT2D eigenvalue weighted by Crippen LogP contribution is -2.40. The molecule has 2 rings (SSSR count). The fourth-order valence-corrected chi connectivity index (χ4v) is 2.34. The van der Waals surface area contributed by atoms with Crippen LogP contribution in [-0.2, 0) is 4.79 Å². The van der Waals surface area contributed by atoms with Gasteiger partial charge in [0.1, 0.15) is 0 Å². The maximum Gasteiger partial charge on any atom is 0.328 e. The first-order chi connectivity index (χ1) is 8.96. The number of nitrogens with zero attached hydrogens (tertiary/aromatic N) is 3. The number of piperidine rings is 1. The highest BCUT2D eigenvalue weighted by Crippen LogP contribution is 2.29. The van der Waals surface area contributed by atoms with Gasteiger partial charge in [-0.2, -0.15) is 0 Å². The number of carbonyl (C=O) groups is 1. The van der Waals surface area contributed by atoms with Crippen LogP contribution in [-0.4, -0.2) is 34.1 Å². The molecule has 5 nitrogen and oxygen atoms in total. The predicted octanol–water partition coefficient (Wildman–Crippen LogP) is 2.20. The van der Waals surface area contributed by atoms with Gasteiger partial charge in [-0.3, -0.25) is 0 Å². The lowest BCUT2D eigenvalue weighted by molar-refractivity contribution is -0.131. The first kappa shape index (κ1) is 13.5. The van der Waals surface area contributed by atoms with E-state index in [4.69, 9.17) is 5.11 Å². The lowest BCUT2D eigenvalue weighted by atomic mass is 9.84. The van der Waals surface area contributed by atoms with Crippen LogP contribution in [0.3, 0.4) is 0 Å². The minimum absolute atomic E-state index is 0.295. The largest absolute Gasteiger partial charge is 0.478 e. The molecule has 0 spiro atoms. The molecule has 0 saturated carbocycles. The number of anilines is 1. The quantitative estimate of drug-likeness (QED) is 0.845. The van der Waals surface area contributed by atoms with Crippen LogP contribution in [0.4, 0.5) is 5.95 Å². The van der Waals surface area contributed by atoms with Crippen LogP contribution in [0.25, 0.3) is 6.08 Å². The summed E-state index contributed by atoms with van der Waals surface area (Å²) in [4.78, 5) is 21.2. The molecule has 0 unspecified atom stereocenters. The van der Waals surface area contributed by atoms with Gasteiger partial charge in [0.2, 0.25) is 5.95 Å². The third kappa shape index (κ3) is 3.77. The minimum Gasteiger partial charge on any atom is -0.478 e. The number of rotatable bonds is 3. The van der Waals surface area contributed by atoms with Crippen LogP contribution in [0.15, 0.2) is 18.5 Å². The molecule has 0 amide bonds. The molecule has 0 aromatic carbocycles. The van der Waals surface area contributed by atoms with Crippen molar-refractivity contribution in [2.75, 3.05) is 18.0 Å². The highest BCUT2D eigenvalue weighted by atomic mass is 16.4. The average Bonchev–Trinajstić information content (AvgIpc) is 2.36. The van der Waals surface area contributed by atoms with Crippen molar-refractivity contribution in [1.82, 2.24) is 9.97 Å². The number of carboxylic acids is 1. The van der Waals surface area contributed by atoms with Crippen molar-refractivity contribution in [1.29, 1.82) is 0 Å². The van der Waals surface area contributed by atoms with Crippen LogP contribution >= 0.6 is 0 Å². The predicted molar refractivity (Wildman–Crippen MR) is 73.9 cm³/mol. The SMILES string of the molecule is CC1(C)CCCN(c2ncc(/C=C/C(=O)O)cn2)C1. The number of hydrogen-bond acceptors (Lipinski definition) is 4. The molecule has 0 atom stereocenters. The highest BCUT2D eigenvalue weighted by molar-refractivity contribution is 5.85. The normalized spacial score (nSPS) is 18.7. The fraction of sp³-hybridized carbons (Fsp3) is 0.500. The summed E-state index contributed by atoms with van der Waals surface area (Å²) in [6, 6.07) is 0. The Kier molecular flexibility index (Phi) is 3.83. The van der Waals surface area contributed by atoms with Crippen LogP contribution in [0.1, 0.15) is 32.3 Å². The zero-order valence-electron chi connectivity index (χ0n) is 11.3. The van der Waals surface area contributed by atoms with Crippen molar-refractivity contribution in [2.24, 2.45) is 5.41 Å². The maximum absolute atomic E-state index is 10.4. The van der Waals surface area contributed by atoms with Gasteiger partial charge in [0, 0.05) is 37.1 Å². The standard InChI is InChI=1S/C14H19N3O2/c1-14(2)6-3-7-17(10-14)13-15-8-11(9-16-13)4-5-12(18)19/h4-5,8-9H,3,6-7,10H2,1-2H3,(H,18,19)/b5-4+. The number of hydrogen-bond donors (Lipinski definition) is 1. The molecule has 1 aliphatic rings. The van der Waals surface area contributed by atoms with Crippen LogP contribution < -0.4 is 4.90 Å². The molecule has 2 heterocycles. The van der Waals surface area contributed by atoms with E-state index in [2.05, 4.69) is 28.7 Å². The Balaban J connectivity index is 2.08. The first-order valence-electron chi connectivity index (χ1n) is 6.44. The summed E-state index contributed by atoms with van der Waals surface area (Å²) in [5.74, 6) is -0.248. The fourth-order valence-electron chi connectivity index (χ4n) is 2.34. The van der Waals surface area contributed by atoms with Crippen molar-refractivity contribution >= 4 is 18.0 Å². The third-order valence-electron chi connectivity index (χ3n) is 3.26. The third-order valence-corrected chi connectivity index (χ3v) is 3.26. The van der Waals surface area contributed by atoms with Crippen molar-refractivity contribution < 1.29 is 9.90 Å². The van der Waals surface area contributed by atoms with E-state index in [1.807, 2.05) is 0 Å². The Morgan fingerprint density at radius 1 is 1.42 bits per heavy atom. The highest BCUT2D eigenvalue weighted by Gasteiger charge is 2.27. The van der Waals surface area contributed by atoms with Crippen molar-refractivity contribution in [3.8, 4) is 0 Å². The summed E-state index contributed by atoms with van der Waals surface area (Å²) >= 11 is 0. The minimum atomic E-state index is -0.971. The summed E-state index contributed by atoms with van der Waals surface area (Å²) in [7, 11) is 0. The van der Waals surface area contributed by atoms with E-state index < -0.39 is 5.97 Å². The molecule has 1 fully saturated rings. The molecule has 102 valence electrons. The van der Waals surface area contributed by atoms with E-state index in [0.29, 0.717) is 11.0 Å². The number of carboxylic acid groups (broad SMARTS) is 1. The molecule has 1 aliphatic heterocycles. The first-order valence-corrected chi connectivity index (χ1v) is 6.44. The van der Waals surface area contributed by atoms with Gasteiger partial charge in [-0.15, -0.1) is 0 Å². The summed E-state index contributed by atoms with van der Waals surface area (Å²) in [6.45, 7) is 6.44. The van der Waals surface area contributed by atoms with E-state index in [-0.39, 0.29) is 0 Å². The summed E-state index contributed by atoms with van der Waals surface area (Å²) in [5.41, 5.74) is 0.992. The van der Waals surface area contributed by atoms with Gasteiger partial charge >= 0.3 is 5.97 Å². The van der Waals surface area contributed by atoms with Crippen LogP contribution in [0.2, 0.25) is 0 Å². The van der Waals surface area contributed by atoms with Crippen LogP contribution in [0.5, 0.6) is 0 Å². The van der Waals surface area contributed by atoms with E-state index in [1.54, 1.807) is 12.4 Å². The Morgan fingerprint density at radius 2 is 2.11 bits per heavy atom. The second-order valence-electron chi connectivity index (χ2n) is 5.68. The molecule has 1 aromatic rings. The Hall–Kier alpha value is -1.91. The molecule has 0 bridgehead atoms. The second-order valence-corrected chi connectivity index (χ2v) is 5.68. The molecule has 19 heavy (non-hydrogen) atoms. The topological polar surface area (TPSA) is 66.3 Å². The molecule has 1 saturated heterocycles. The van der Waals surface area contributed by atoms with Crippen LogP contribution in [0, 0.1) is 5.41 Å². The maximum atomic E-state index is 10.4.